The summed E-state index contributed by atoms with van der Waals surface area (Å²) in [7, 11) is 1.65. The molecule has 3 unspecified atom stereocenters. The second-order valence-corrected chi connectivity index (χ2v) is 5.85. The van der Waals surface area contributed by atoms with Gasteiger partial charge in [-0.1, -0.05) is 12.8 Å². The van der Waals surface area contributed by atoms with Gasteiger partial charge in [0, 0.05) is 19.6 Å². The van der Waals surface area contributed by atoms with Crippen molar-refractivity contribution >= 4 is 30.1 Å². The molecule has 120 valence electrons. The minimum Gasteiger partial charge on any atom is -0.340 e. The zero-order valence-corrected chi connectivity index (χ0v) is 13.4. The van der Waals surface area contributed by atoms with Crippen LogP contribution in [0.1, 0.15) is 32.6 Å². The Kier molecular flexibility index (Phi) is 6.16. The van der Waals surface area contributed by atoms with Gasteiger partial charge in [-0.15, -0.1) is 12.4 Å². The molecule has 1 aliphatic heterocycles. The Morgan fingerprint density at radius 3 is 2.19 bits per heavy atom. The van der Waals surface area contributed by atoms with Crippen molar-refractivity contribution in [3.05, 3.63) is 0 Å². The fraction of sp³-hybridized carbons (Fsp3) is 0.786. The summed E-state index contributed by atoms with van der Waals surface area (Å²) in [6.45, 7) is 2.05. The van der Waals surface area contributed by atoms with Crippen molar-refractivity contribution in [2.24, 2.45) is 17.6 Å². The van der Waals surface area contributed by atoms with E-state index in [1.807, 2.05) is 6.92 Å². The molecule has 1 saturated heterocycles. The Bertz CT molecular complexity index is 406. The minimum atomic E-state index is -0.233. The van der Waals surface area contributed by atoms with Crippen LogP contribution in [-0.4, -0.2) is 53.7 Å². The van der Waals surface area contributed by atoms with E-state index >= 15 is 0 Å². The van der Waals surface area contributed by atoms with Gasteiger partial charge < -0.3 is 10.6 Å². The lowest BCUT2D eigenvalue weighted by Gasteiger charge is -2.25. The maximum atomic E-state index is 12.3. The Hall–Kier alpha value is -1.14. The molecule has 21 heavy (non-hydrogen) atoms. The topological polar surface area (TPSA) is 83.7 Å². The van der Waals surface area contributed by atoms with Crippen molar-refractivity contribution in [1.29, 1.82) is 0 Å². The van der Waals surface area contributed by atoms with Gasteiger partial charge in [-0.25, -0.2) is 0 Å². The predicted octanol–water partition coefficient (Wildman–Crippen LogP) is 0.389. The number of halogens is 1. The molecule has 0 radical (unpaired) electrons. The van der Waals surface area contributed by atoms with Crippen LogP contribution >= 0.6 is 12.4 Å². The van der Waals surface area contributed by atoms with Crippen molar-refractivity contribution in [2.75, 3.05) is 20.1 Å². The molecule has 2 aliphatic rings. The average Bonchev–Trinajstić information content (AvgIpc) is 2.71. The van der Waals surface area contributed by atoms with Gasteiger partial charge in [-0.05, 0) is 19.8 Å². The third-order valence-electron chi connectivity index (χ3n) is 4.62. The molecule has 0 aromatic carbocycles. The quantitative estimate of drug-likeness (QED) is 0.760. The van der Waals surface area contributed by atoms with E-state index in [0.717, 1.165) is 30.6 Å². The average molecular weight is 318 g/mol. The van der Waals surface area contributed by atoms with Crippen LogP contribution in [0.15, 0.2) is 0 Å². The first-order valence-corrected chi connectivity index (χ1v) is 7.28. The van der Waals surface area contributed by atoms with Crippen molar-refractivity contribution in [1.82, 2.24) is 9.80 Å². The summed E-state index contributed by atoms with van der Waals surface area (Å²) >= 11 is 0. The van der Waals surface area contributed by atoms with Gasteiger partial charge in [-0.3, -0.25) is 19.3 Å². The lowest BCUT2D eigenvalue weighted by Crippen LogP contribution is -2.46. The van der Waals surface area contributed by atoms with Crippen molar-refractivity contribution in [3.63, 3.8) is 0 Å². The number of nitrogens with zero attached hydrogens (tertiary/aromatic N) is 2. The summed E-state index contributed by atoms with van der Waals surface area (Å²) < 4.78 is 0. The maximum Gasteiger partial charge on any atom is 0.242 e. The van der Waals surface area contributed by atoms with Crippen LogP contribution in [0.4, 0.5) is 0 Å². The molecule has 1 aliphatic carbocycles. The number of rotatable bonds is 4. The molecule has 2 fully saturated rings. The molecule has 3 amide bonds. The smallest absolute Gasteiger partial charge is 0.242 e. The third kappa shape index (κ3) is 3.37. The highest BCUT2D eigenvalue weighted by Gasteiger charge is 2.48. The van der Waals surface area contributed by atoms with Crippen LogP contribution in [0, 0.1) is 11.8 Å². The number of amides is 3. The maximum absolute atomic E-state index is 12.3. The van der Waals surface area contributed by atoms with Crippen LogP contribution in [-0.2, 0) is 14.4 Å². The van der Waals surface area contributed by atoms with Gasteiger partial charge in [0.25, 0.3) is 0 Å². The summed E-state index contributed by atoms with van der Waals surface area (Å²) in [6, 6.07) is -0.0995. The predicted molar refractivity (Wildman–Crippen MR) is 80.7 cm³/mol. The second kappa shape index (κ2) is 7.22. The summed E-state index contributed by atoms with van der Waals surface area (Å²) in [5, 5.41) is 0. The van der Waals surface area contributed by atoms with Gasteiger partial charge >= 0.3 is 0 Å². The molecular weight excluding hydrogens is 294 g/mol. The summed E-state index contributed by atoms with van der Waals surface area (Å²) in [5.41, 5.74) is 5.53. The van der Waals surface area contributed by atoms with Crippen molar-refractivity contribution in [3.8, 4) is 0 Å². The van der Waals surface area contributed by atoms with Gasteiger partial charge in [0.05, 0.1) is 11.8 Å². The first-order valence-electron chi connectivity index (χ1n) is 7.28. The molecule has 1 heterocycles. The summed E-state index contributed by atoms with van der Waals surface area (Å²) in [5.74, 6) is -0.949. The molecule has 0 aromatic heterocycles. The van der Waals surface area contributed by atoms with E-state index in [0.29, 0.717) is 6.54 Å². The van der Waals surface area contributed by atoms with E-state index in [2.05, 4.69) is 0 Å². The minimum absolute atomic E-state index is 0. The molecule has 0 bridgehead atoms. The van der Waals surface area contributed by atoms with Crippen molar-refractivity contribution < 1.29 is 14.4 Å². The Balaban J connectivity index is 0.00000220. The molecule has 1 saturated carbocycles. The first-order chi connectivity index (χ1) is 9.47. The van der Waals surface area contributed by atoms with Gasteiger partial charge in [0.2, 0.25) is 17.7 Å². The highest BCUT2D eigenvalue weighted by molar-refractivity contribution is 6.07. The van der Waals surface area contributed by atoms with E-state index in [1.54, 1.807) is 7.05 Å². The Morgan fingerprint density at radius 1 is 1.29 bits per heavy atom. The van der Waals surface area contributed by atoms with E-state index < -0.39 is 0 Å². The zero-order chi connectivity index (χ0) is 14.9. The highest BCUT2D eigenvalue weighted by atomic mass is 35.5. The molecular formula is C14H24ClN3O3. The number of likely N-dealkylation sites (tertiary alicyclic amines) is 1. The Morgan fingerprint density at radius 2 is 1.76 bits per heavy atom. The van der Waals surface area contributed by atoms with Crippen LogP contribution in [0.5, 0.6) is 0 Å². The van der Waals surface area contributed by atoms with E-state index in [4.69, 9.17) is 5.73 Å². The zero-order valence-electron chi connectivity index (χ0n) is 12.6. The standard InChI is InChI=1S/C14H23N3O3.ClH/c1-9(7-15)16(2)12(18)8-17-13(19)10-5-3-4-6-11(10)14(17)20;/h9-11H,3-8,15H2,1-2H3;1H. The van der Waals surface area contributed by atoms with Gasteiger partial charge in [0.15, 0.2) is 0 Å². The fourth-order valence-electron chi connectivity index (χ4n) is 3.04. The monoisotopic (exact) mass is 317 g/mol. The number of nitrogens with two attached hydrogens (primary N) is 1. The van der Waals surface area contributed by atoms with Crippen LogP contribution in [0.25, 0.3) is 0 Å². The fourth-order valence-corrected chi connectivity index (χ4v) is 3.04. The lowest BCUT2D eigenvalue weighted by atomic mass is 9.81. The van der Waals surface area contributed by atoms with E-state index in [9.17, 15) is 14.4 Å². The highest BCUT2D eigenvalue weighted by Crippen LogP contribution is 2.37. The molecule has 7 heteroatoms. The number of hydrogen-bond donors (Lipinski definition) is 1. The third-order valence-corrected chi connectivity index (χ3v) is 4.62. The summed E-state index contributed by atoms with van der Waals surface area (Å²) in [6.07, 6.45) is 3.53. The van der Waals surface area contributed by atoms with E-state index in [-0.39, 0.29) is 54.6 Å². The second-order valence-electron chi connectivity index (χ2n) is 5.85. The number of imide groups is 1. The molecule has 3 atom stereocenters. The molecule has 2 rings (SSSR count). The van der Waals surface area contributed by atoms with E-state index in [1.165, 1.54) is 4.90 Å². The first kappa shape index (κ1) is 17.9. The number of likely N-dealkylation sites (N-methyl/N-ethyl adjacent to an activating group) is 1. The number of hydrogen-bond acceptors (Lipinski definition) is 4. The van der Waals surface area contributed by atoms with Crippen molar-refractivity contribution in [2.45, 2.75) is 38.6 Å². The largest absolute Gasteiger partial charge is 0.340 e. The van der Waals surface area contributed by atoms with Gasteiger partial charge in [-0.2, -0.15) is 0 Å². The normalized spacial score (nSPS) is 26.1. The Labute approximate surface area is 131 Å². The number of fused-ring (bicyclic) bond motifs is 1. The van der Waals surface area contributed by atoms with Crippen LogP contribution in [0.3, 0.4) is 0 Å². The SMILES string of the molecule is CC(CN)N(C)C(=O)CN1C(=O)C2CCCCC2C1=O.Cl. The molecule has 0 spiro atoms. The molecule has 2 N–H and O–H groups in total. The molecule has 0 aromatic rings. The van der Waals surface area contributed by atoms with Gasteiger partial charge in [0.1, 0.15) is 6.54 Å². The number of carbonyl (C=O) groups excluding carboxylic acids is 3. The van der Waals surface area contributed by atoms with Crippen LogP contribution in [0.2, 0.25) is 0 Å². The lowest BCUT2D eigenvalue weighted by molar-refractivity contribution is -0.146. The summed E-state index contributed by atoms with van der Waals surface area (Å²) in [4.78, 5) is 39.3. The molecule has 6 nitrogen and oxygen atoms in total. The van der Waals surface area contributed by atoms with Crippen LogP contribution < -0.4 is 5.73 Å². The number of carbonyl (C=O) groups is 3.